The number of hydrogen-bond donors (Lipinski definition) is 1. The van der Waals surface area contributed by atoms with Crippen LogP contribution in [0.5, 0.6) is 5.88 Å². The molecule has 3 aromatic rings. The highest BCUT2D eigenvalue weighted by Crippen LogP contribution is 2.59. The van der Waals surface area contributed by atoms with Crippen LogP contribution in [-0.4, -0.2) is 32.1 Å². The van der Waals surface area contributed by atoms with Gasteiger partial charge in [-0.1, -0.05) is 0 Å². The first kappa shape index (κ1) is 22.4. The topological polar surface area (TPSA) is 100 Å². The number of esters is 1. The predicted octanol–water partition coefficient (Wildman–Crippen LogP) is 4.72. The lowest BCUT2D eigenvalue weighted by atomic mass is 9.79. The van der Waals surface area contributed by atoms with Crippen molar-refractivity contribution >= 4 is 16.7 Å². The number of fused-ring (bicyclic) bond motifs is 3. The van der Waals surface area contributed by atoms with Gasteiger partial charge in [0.2, 0.25) is 5.88 Å². The number of nitrogens with two attached hydrogens (primary N) is 1. The molecule has 7 heteroatoms. The summed E-state index contributed by atoms with van der Waals surface area (Å²) in [6.45, 7) is 10.0. The first-order valence-electron chi connectivity index (χ1n) is 12.4. The van der Waals surface area contributed by atoms with Crippen LogP contribution in [-0.2, 0) is 22.1 Å². The molecule has 2 N–H and O–H groups in total. The van der Waals surface area contributed by atoms with Crippen LogP contribution in [0.4, 0.5) is 0 Å². The van der Waals surface area contributed by atoms with Crippen molar-refractivity contribution in [2.75, 3.05) is 0 Å². The lowest BCUT2D eigenvalue weighted by Gasteiger charge is -2.39. The van der Waals surface area contributed by atoms with Gasteiger partial charge >= 0.3 is 5.97 Å². The van der Waals surface area contributed by atoms with E-state index < -0.39 is 11.1 Å². The first-order chi connectivity index (χ1) is 16.4. The number of carbonyl (C=O) groups excluding carboxylic acids is 1. The van der Waals surface area contributed by atoms with E-state index in [4.69, 9.17) is 25.2 Å². The van der Waals surface area contributed by atoms with Crippen molar-refractivity contribution in [2.45, 2.75) is 88.9 Å². The van der Waals surface area contributed by atoms with E-state index in [-0.39, 0.29) is 17.0 Å². The first-order valence-corrected chi connectivity index (χ1v) is 12.4. The van der Waals surface area contributed by atoms with E-state index >= 15 is 0 Å². The molecule has 6 rings (SSSR count). The Morgan fingerprint density at radius 2 is 1.77 bits per heavy atom. The van der Waals surface area contributed by atoms with Crippen LogP contribution >= 0.6 is 0 Å². The summed E-state index contributed by atoms with van der Waals surface area (Å²) >= 11 is 0. The number of cyclic esters (lactones) is 1. The number of nitrogens with zero attached hydrogens (tertiary/aromatic N) is 3. The van der Waals surface area contributed by atoms with Crippen molar-refractivity contribution in [3.05, 3.63) is 58.8 Å². The standard InChI is InChI=1S/C28H32N4O3/c1-25(2,29)21-15-31-23(34-27(5)8-9-27)20-14-30-17(13-19(20)21)12-16-6-7-18-22(32-16)28(10-11-28)26(3,4)35-24(18)33/h6-7,13-15H,8-12,29H2,1-5H3. The Balaban J connectivity index is 1.40. The van der Waals surface area contributed by atoms with Crippen molar-refractivity contribution in [1.82, 2.24) is 15.0 Å². The van der Waals surface area contributed by atoms with E-state index in [9.17, 15) is 4.79 Å². The molecule has 0 saturated heterocycles. The Labute approximate surface area is 205 Å². The lowest BCUT2D eigenvalue weighted by molar-refractivity contribution is -0.0285. The third kappa shape index (κ3) is 3.59. The van der Waals surface area contributed by atoms with Gasteiger partial charge in [-0.2, -0.15) is 0 Å². The molecule has 182 valence electrons. The molecule has 0 amide bonds. The van der Waals surface area contributed by atoms with Gasteiger partial charge in [-0.05, 0) is 89.5 Å². The van der Waals surface area contributed by atoms with Crippen LogP contribution in [0.3, 0.4) is 0 Å². The van der Waals surface area contributed by atoms with Gasteiger partial charge < -0.3 is 15.2 Å². The summed E-state index contributed by atoms with van der Waals surface area (Å²) in [4.78, 5) is 26.9. The van der Waals surface area contributed by atoms with Gasteiger partial charge in [0.1, 0.15) is 11.2 Å². The SMILES string of the molecule is CC1(Oc2ncc(C(C)(C)N)c3cc(Cc4ccc5c(n4)C4(CC4)C(C)(C)OC5=O)ncc23)CC1. The Morgan fingerprint density at radius 1 is 1.03 bits per heavy atom. The summed E-state index contributed by atoms with van der Waals surface area (Å²) in [5.74, 6) is 0.319. The van der Waals surface area contributed by atoms with Crippen LogP contribution in [0.15, 0.2) is 30.6 Å². The summed E-state index contributed by atoms with van der Waals surface area (Å²) in [5, 5.41) is 1.87. The average molecular weight is 473 g/mol. The van der Waals surface area contributed by atoms with Crippen molar-refractivity contribution in [1.29, 1.82) is 0 Å². The molecule has 1 spiro atoms. The lowest BCUT2D eigenvalue weighted by Crippen LogP contribution is -2.46. The van der Waals surface area contributed by atoms with Crippen molar-refractivity contribution in [3.63, 3.8) is 0 Å². The molecule has 0 aromatic carbocycles. The molecular formula is C28H32N4O3. The number of pyridine rings is 3. The Hall–Kier alpha value is -3.06. The fourth-order valence-electron chi connectivity index (χ4n) is 5.30. The van der Waals surface area contributed by atoms with Crippen molar-refractivity contribution in [3.8, 4) is 5.88 Å². The maximum atomic E-state index is 12.6. The quantitative estimate of drug-likeness (QED) is 0.536. The van der Waals surface area contributed by atoms with Crippen LogP contribution < -0.4 is 10.5 Å². The van der Waals surface area contributed by atoms with Gasteiger partial charge in [-0.3, -0.25) is 9.97 Å². The minimum absolute atomic E-state index is 0.140. The molecule has 2 fully saturated rings. The molecule has 2 aliphatic carbocycles. The summed E-state index contributed by atoms with van der Waals surface area (Å²) in [6.07, 6.45) is 8.24. The zero-order valence-corrected chi connectivity index (χ0v) is 21.1. The Kier molecular flexibility index (Phi) is 4.48. The normalized spacial score (nSPS) is 20.9. The molecule has 3 aliphatic rings. The zero-order valence-electron chi connectivity index (χ0n) is 21.1. The number of hydrogen-bond acceptors (Lipinski definition) is 7. The second-order valence-corrected chi connectivity index (χ2v) is 11.8. The molecule has 0 radical (unpaired) electrons. The van der Waals surface area contributed by atoms with Crippen molar-refractivity contribution in [2.24, 2.45) is 5.73 Å². The molecular weight excluding hydrogens is 440 g/mol. The molecule has 4 heterocycles. The minimum Gasteiger partial charge on any atom is -0.471 e. The van der Waals surface area contributed by atoms with Gasteiger partial charge in [0.05, 0.1) is 22.1 Å². The molecule has 0 atom stereocenters. The summed E-state index contributed by atoms with van der Waals surface area (Å²) in [6, 6.07) is 5.84. The van der Waals surface area contributed by atoms with Crippen LogP contribution in [0.25, 0.3) is 10.8 Å². The largest absolute Gasteiger partial charge is 0.471 e. The summed E-state index contributed by atoms with van der Waals surface area (Å²) in [7, 11) is 0. The highest BCUT2D eigenvalue weighted by Gasteiger charge is 2.63. The van der Waals surface area contributed by atoms with E-state index in [1.807, 2.05) is 52.2 Å². The van der Waals surface area contributed by atoms with Gasteiger partial charge in [0.25, 0.3) is 0 Å². The predicted molar refractivity (Wildman–Crippen MR) is 132 cm³/mol. The molecule has 7 nitrogen and oxygen atoms in total. The number of rotatable bonds is 5. The molecule has 3 aromatic heterocycles. The van der Waals surface area contributed by atoms with Gasteiger partial charge in [-0.25, -0.2) is 9.78 Å². The average Bonchev–Trinajstić information content (AvgIpc) is 3.69. The Morgan fingerprint density at radius 3 is 2.43 bits per heavy atom. The van der Waals surface area contributed by atoms with E-state index in [0.29, 0.717) is 17.9 Å². The van der Waals surface area contributed by atoms with Gasteiger partial charge in [-0.15, -0.1) is 0 Å². The van der Waals surface area contributed by atoms with Crippen molar-refractivity contribution < 1.29 is 14.3 Å². The highest BCUT2D eigenvalue weighted by atomic mass is 16.6. The van der Waals surface area contributed by atoms with E-state index in [2.05, 4.69) is 18.0 Å². The molecule has 2 saturated carbocycles. The maximum Gasteiger partial charge on any atom is 0.340 e. The number of aromatic nitrogens is 3. The molecule has 0 unspecified atom stereocenters. The smallest absolute Gasteiger partial charge is 0.340 e. The fourth-order valence-corrected chi connectivity index (χ4v) is 5.30. The highest BCUT2D eigenvalue weighted by molar-refractivity contribution is 5.93. The molecule has 35 heavy (non-hydrogen) atoms. The van der Waals surface area contributed by atoms with E-state index in [1.54, 1.807) is 0 Å². The second-order valence-electron chi connectivity index (χ2n) is 11.8. The summed E-state index contributed by atoms with van der Waals surface area (Å²) < 4.78 is 12.0. The second kappa shape index (κ2) is 7.00. The monoisotopic (exact) mass is 472 g/mol. The third-order valence-electron chi connectivity index (χ3n) is 8.02. The van der Waals surface area contributed by atoms with Gasteiger partial charge in [0, 0.05) is 35.7 Å². The van der Waals surface area contributed by atoms with Crippen LogP contribution in [0.1, 0.15) is 93.3 Å². The number of carbonyl (C=O) groups is 1. The molecule has 1 aliphatic heterocycles. The molecule has 0 bridgehead atoms. The minimum atomic E-state index is -0.569. The van der Waals surface area contributed by atoms with Crippen LogP contribution in [0, 0.1) is 0 Å². The van der Waals surface area contributed by atoms with E-state index in [1.165, 1.54) is 0 Å². The number of ether oxygens (including phenoxy) is 2. The van der Waals surface area contributed by atoms with Gasteiger partial charge in [0.15, 0.2) is 0 Å². The third-order valence-corrected chi connectivity index (χ3v) is 8.02. The fraction of sp³-hybridized carbons (Fsp3) is 0.500. The maximum absolute atomic E-state index is 12.6. The zero-order chi connectivity index (χ0) is 24.8. The Bertz CT molecular complexity index is 1380. The summed E-state index contributed by atoms with van der Waals surface area (Å²) in [5.41, 5.74) is 9.25. The van der Waals surface area contributed by atoms with Crippen LogP contribution in [0.2, 0.25) is 0 Å². The van der Waals surface area contributed by atoms with E-state index in [0.717, 1.165) is 59.1 Å².